The van der Waals surface area contributed by atoms with E-state index in [0.29, 0.717) is 17.0 Å². The SMILES string of the molecule is COc1cc(-c2ccc(OCC(=O)N3CCC4(CC3)CC4)cc2)nn1-c1ccc(-c2ccccc2)cc1. The number of likely N-dealkylation sites (tertiary alicyclic amines) is 1. The van der Waals surface area contributed by atoms with Gasteiger partial charge in [-0.2, -0.15) is 5.10 Å². The lowest BCUT2D eigenvalue weighted by Crippen LogP contribution is -2.41. The lowest BCUT2D eigenvalue weighted by molar-refractivity contribution is -0.134. The van der Waals surface area contributed by atoms with Crippen molar-refractivity contribution in [3.8, 4) is 39.7 Å². The fourth-order valence-electron chi connectivity index (χ4n) is 5.13. The molecule has 1 saturated heterocycles. The van der Waals surface area contributed by atoms with Gasteiger partial charge in [0.2, 0.25) is 5.88 Å². The standard InChI is InChI=1S/C31H31N3O3/c1-36-30-21-28(32-34(30)26-11-7-24(8-12-26)23-5-3-2-4-6-23)25-9-13-27(14-10-25)37-22-29(35)33-19-17-31(15-16-31)18-20-33/h2-14,21H,15-20,22H2,1H3. The summed E-state index contributed by atoms with van der Waals surface area (Å²) in [5.74, 6) is 1.40. The number of piperidine rings is 1. The van der Waals surface area contributed by atoms with Crippen molar-refractivity contribution in [2.45, 2.75) is 25.7 Å². The molecule has 6 heteroatoms. The fourth-order valence-corrected chi connectivity index (χ4v) is 5.13. The fraction of sp³-hybridized carbons (Fsp3) is 0.290. The van der Waals surface area contributed by atoms with Gasteiger partial charge in [-0.15, -0.1) is 0 Å². The van der Waals surface area contributed by atoms with E-state index in [0.717, 1.165) is 48.4 Å². The van der Waals surface area contributed by atoms with Gasteiger partial charge in [-0.25, -0.2) is 4.68 Å². The molecular formula is C31H31N3O3. The highest BCUT2D eigenvalue weighted by Crippen LogP contribution is 2.53. The molecule has 6 nitrogen and oxygen atoms in total. The van der Waals surface area contributed by atoms with Crippen molar-refractivity contribution in [1.82, 2.24) is 14.7 Å². The van der Waals surface area contributed by atoms with Gasteiger partial charge in [0, 0.05) is 24.7 Å². The topological polar surface area (TPSA) is 56.6 Å². The van der Waals surface area contributed by atoms with Crippen LogP contribution in [0.25, 0.3) is 28.1 Å². The average Bonchev–Trinajstić information content (AvgIpc) is 3.57. The molecule has 1 aliphatic heterocycles. The number of rotatable bonds is 7. The number of ether oxygens (including phenoxy) is 2. The molecule has 2 fully saturated rings. The number of aromatic nitrogens is 2. The van der Waals surface area contributed by atoms with Crippen molar-refractivity contribution in [2.24, 2.45) is 5.41 Å². The Morgan fingerprint density at radius 3 is 2.14 bits per heavy atom. The Kier molecular flexibility index (Phi) is 6.16. The van der Waals surface area contributed by atoms with Crippen molar-refractivity contribution in [3.63, 3.8) is 0 Å². The summed E-state index contributed by atoms with van der Waals surface area (Å²) in [5.41, 5.74) is 5.56. The summed E-state index contributed by atoms with van der Waals surface area (Å²) >= 11 is 0. The lowest BCUT2D eigenvalue weighted by atomic mass is 9.94. The highest BCUT2D eigenvalue weighted by atomic mass is 16.5. The van der Waals surface area contributed by atoms with Crippen LogP contribution in [-0.4, -0.2) is 47.4 Å². The van der Waals surface area contributed by atoms with Crippen LogP contribution in [0.4, 0.5) is 0 Å². The predicted octanol–water partition coefficient (Wildman–Crippen LogP) is 6.00. The number of hydrogen-bond donors (Lipinski definition) is 0. The minimum atomic E-state index is 0.0707. The maximum absolute atomic E-state index is 12.6. The minimum absolute atomic E-state index is 0.0707. The Hall–Kier alpha value is -4.06. The maximum Gasteiger partial charge on any atom is 0.260 e. The molecule has 1 saturated carbocycles. The van der Waals surface area contributed by atoms with E-state index in [1.54, 1.807) is 11.8 Å². The third-order valence-corrected chi connectivity index (χ3v) is 7.75. The van der Waals surface area contributed by atoms with Gasteiger partial charge in [0.05, 0.1) is 18.5 Å². The summed E-state index contributed by atoms with van der Waals surface area (Å²) in [6.45, 7) is 1.80. The van der Waals surface area contributed by atoms with E-state index in [-0.39, 0.29) is 12.5 Å². The van der Waals surface area contributed by atoms with E-state index < -0.39 is 0 Å². The minimum Gasteiger partial charge on any atom is -0.484 e. The monoisotopic (exact) mass is 493 g/mol. The quantitative estimate of drug-likeness (QED) is 0.317. The first-order chi connectivity index (χ1) is 18.1. The van der Waals surface area contributed by atoms with Crippen molar-refractivity contribution in [1.29, 1.82) is 0 Å². The van der Waals surface area contributed by atoms with Gasteiger partial charge in [0.1, 0.15) is 5.75 Å². The lowest BCUT2D eigenvalue weighted by Gasteiger charge is -2.32. The zero-order valence-corrected chi connectivity index (χ0v) is 21.1. The molecule has 2 aliphatic rings. The van der Waals surface area contributed by atoms with E-state index in [2.05, 4.69) is 24.3 Å². The first-order valence-corrected chi connectivity index (χ1v) is 12.9. The maximum atomic E-state index is 12.6. The molecule has 4 aromatic rings. The van der Waals surface area contributed by atoms with Gasteiger partial charge >= 0.3 is 0 Å². The average molecular weight is 494 g/mol. The molecule has 1 spiro atoms. The number of methoxy groups -OCH3 is 1. The number of carbonyl (C=O) groups is 1. The third kappa shape index (κ3) is 4.96. The first kappa shape index (κ1) is 23.3. The normalized spacial score (nSPS) is 16.0. The highest BCUT2D eigenvalue weighted by molar-refractivity contribution is 5.78. The molecule has 0 unspecified atom stereocenters. The molecule has 37 heavy (non-hydrogen) atoms. The molecule has 0 N–H and O–H groups in total. The number of hydrogen-bond acceptors (Lipinski definition) is 4. The van der Waals surface area contributed by atoms with E-state index >= 15 is 0 Å². The van der Waals surface area contributed by atoms with Crippen LogP contribution in [0.5, 0.6) is 11.6 Å². The molecule has 6 rings (SSSR count). The number of amides is 1. The van der Waals surface area contributed by atoms with Gasteiger partial charge in [-0.3, -0.25) is 4.79 Å². The summed E-state index contributed by atoms with van der Waals surface area (Å²) in [5, 5.41) is 4.80. The molecule has 0 radical (unpaired) electrons. The number of benzene rings is 3. The summed E-state index contributed by atoms with van der Waals surface area (Å²) in [6, 6.07) is 28.2. The van der Waals surface area contributed by atoms with Gasteiger partial charge in [-0.05, 0) is 78.6 Å². The van der Waals surface area contributed by atoms with Gasteiger partial charge < -0.3 is 14.4 Å². The zero-order valence-electron chi connectivity index (χ0n) is 21.1. The first-order valence-electron chi connectivity index (χ1n) is 12.9. The van der Waals surface area contributed by atoms with Crippen molar-refractivity contribution in [2.75, 3.05) is 26.8 Å². The number of nitrogens with zero attached hydrogens (tertiary/aromatic N) is 3. The number of carbonyl (C=O) groups excluding carboxylic acids is 1. The molecule has 1 aliphatic carbocycles. The second-order valence-corrected chi connectivity index (χ2v) is 10.1. The van der Waals surface area contributed by atoms with Crippen molar-refractivity contribution >= 4 is 5.91 Å². The van der Waals surface area contributed by atoms with Crippen LogP contribution in [0.2, 0.25) is 0 Å². The van der Waals surface area contributed by atoms with Crippen LogP contribution < -0.4 is 9.47 Å². The van der Waals surface area contributed by atoms with Gasteiger partial charge in [0.15, 0.2) is 6.61 Å². The second-order valence-electron chi connectivity index (χ2n) is 10.1. The molecule has 0 bridgehead atoms. The predicted molar refractivity (Wildman–Crippen MR) is 144 cm³/mol. The summed E-state index contributed by atoms with van der Waals surface area (Å²) in [7, 11) is 1.65. The Balaban J connectivity index is 1.11. The molecule has 1 amide bonds. The summed E-state index contributed by atoms with van der Waals surface area (Å²) < 4.78 is 13.2. The van der Waals surface area contributed by atoms with Crippen LogP contribution in [-0.2, 0) is 4.79 Å². The Labute approximate surface area is 217 Å². The Morgan fingerprint density at radius 1 is 0.838 bits per heavy atom. The summed E-state index contributed by atoms with van der Waals surface area (Å²) in [4.78, 5) is 14.5. The van der Waals surface area contributed by atoms with Crippen LogP contribution in [0.1, 0.15) is 25.7 Å². The molecular weight excluding hydrogens is 462 g/mol. The van der Waals surface area contributed by atoms with Crippen LogP contribution in [0, 0.1) is 5.41 Å². The molecule has 3 aromatic carbocycles. The van der Waals surface area contributed by atoms with Crippen LogP contribution in [0.15, 0.2) is 84.9 Å². The van der Waals surface area contributed by atoms with E-state index in [1.165, 1.54) is 18.4 Å². The second kappa shape index (κ2) is 9.77. The zero-order chi connectivity index (χ0) is 25.2. The Bertz CT molecular complexity index is 1360. The molecule has 0 atom stereocenters. The molecule has 2 heterocycles. The van der Waals surface area contributed by atoms with E-state index in [1.807, 2.05) is 65.6 Å². The van der Waals surface area contributed by atoms with Crippen molar-refractivity contribution < 1.29 is 14.3 Å². The molecule has 188 valence electrons. The van der Waals surface area contributed by atoms with Crippen molar-refractivity contribution in [3.05, 3.63) is 84.9 Å². The smallest absolute Gasteiger partial charge is 0.260 e. The Morgan fingerprint density at radius 2 is 1.49 bits per heavy atom. The molecule has 1 aromatic heterocycles. The highest BCUT2D eigenvalue weighted by Gasteiger charge is 2.45. The van der Waals surface area contributed by atoms with Gasteiger partial charge in [-0.1, -0.05) is 42.5 Å². The van der Waals surface area contributed by atoms with E-state index in [9.17, 15) is 4.79 Å². The van der Waals surface area contributed by atoms with E-state index in [4.69, 9.17) is 14.6 Å². The largest absolute Gasteiger partial charge is 0.484 e. The van der Waals surface area contributed by atoms with Gasteiger partial charge in [0.25, 0.3) is 5.91 Å². The summed E-state index contributed by atoms with van der Waals surface area (Å²) in [6.07, 6.45) is 4.95. The third-order valence-electron chi connectivity index (χ3n) is 7.75. The van der Waals surface area contributed by atoms with Crippen LogP contribution >= 0.6 is 0 Å². The van der Waals surface area contributed by atoms with Crippen LogP contribution in [0.3, 0.4) is 0 Å².